The summed E-state index contributed by atoms with van der Waals surface area (Å²) in [5.41, 5.74) is 0.928. The predicted molar refractivity (Wildman–Crippen MR) is 66.4 cm³/mol. The highest BCUT2D eigenvalue weighted by Crippen LogP contribution is 2.17. The third-order valence-corrected chi connectivity index (χ3v) is 2.59. The maximum atomic E-state index is 11.8. The van der Waals surface area contributed by atoms with E-state index in [1.54, 1.807) is 6.92 Å². The number of carbonyl (C=O) groups is 1. The number of carbonyl (C=O) groups excluding carboxylic acids is 1. The molecule has 6 heteroatoms. The minimum absolute atomic E-state index is 0.000473. The van der Waals surface area contributed by atoms with E-state index in [1.165, 1.54) is 18.2 Å². The lowest BCUT2D eigenvalue weighted by molar-refractivity contribution is -0.384. The van der Waals surface area contributed by atoms with Crippen LogP contribution in [0.5, 0.6) is 0 Å². The fraction of sp³-hybridized carbons (Fsp3) is 0.417. The van der Waals surface area contributed by atoms with E-state index in [0.29, 0.717) is 17.7 Å². The van der Waals surface area contributed by atoms with E-state index in [2.05, 4.69) is 5.32 Å². The molecule has 0 bridgehead atoms. The Hall–Kier alpha value is -1.95. The van der Waals surface area contributed by atoms with Crippen LogP contribution < -0.4 is 5.32 Å². The van der Waals surface area contributed by atoms with Gasteiger partial charge in [-0.3, -0.25) is 14.9 Å². The van der Waals surface area contributed by atoms with Crippen molar-refractivity contribution in [1.82, 2.24) is 5.32 Å². The monoisotopic (exact) mass is 252 g/mol. The van der Waals surface area contributed by atoms with Gasteiger partial charge in [-0.2, -0.15) is 0 Å². The molecule has 0 heterocycles. The number of aliphatic hydroxyl groups excluding tert-OH is 1. The van der Waals surface area contributed by atoms with Crippen LogP contribution in [0.25, 0.3) is 0 Å². The number of benzene rings is 1. The van der Waals surface area contributed by atoms with Crippen LogP contribution in [0.4, 0.5) is 5.69 Å². The molecule has 1 amide bonds. The molecule has 0 saturated carbocycles. The Morgan fingerprint density at radius 1 is 1.56 bits per heavy atom. The van der Waals surface area contributed by atoms with Gasteiger partial charge in [0.25, 0.3) is 11.6 Å². The number of nitrogens with one attached hydrogen (secondary N) is 1. The third-order valence-electron chi connectivity index (χ3n) is 2.59. The Labute approximate surface area is 105 Å². The number of hydrogen-bond donors (Lipinski definition) is 2. The molecule has 0 saturated heterocycles. The third kappa shape index (κ3) is 3.53. The second-order valence-corrected chi connectivity index (χ2v) is 4.25. The number of aryl methyl sites for hydroxylation is 1. The van der Waals surface area contributed by atoms with Crippen LogP contribution >= 0.6 is 0 Å². The van der Waals surface area contributed by atoms with Gasteiger partial charge in [0.2, 0.25) is 0 Å². The highest BCUT2D eigenvalue weighted by molar-refractivity contribution is 5.95. The van der Waals surface area contributed by atoms with Crippen LogP contribution in [0.15, 0.2) is 18.2 Å². The van der Waals surface area contributed by atoms with Gasteiger partial charge < -0.3 is 10.4 Å². The summed E-state index contributed by atoms with van der Waals surface area (Å²) in [6, 6.07) is 4.11. The number of aliphatic hydroxyl groups is 1. The summed E-state index contributed by atoms with van der Waals surface area (Å²) in [4.78, 5) is 21.9. The molecule has 0 spiro atoms. The summed E-state index contributed by atoms with van der Waals surface area (Å²) >= 11 is 0. The van der Waals surface area contributed by atoms with Crippen molar-refractivity contribution in [1.29, 1.82) is 0 Å². The molecule has 0 radical (unpaired) electrons. The molecule has 18 heavy (non-hydrogen) atoms. The number of hydrogen-bond acceptors (Lipinski definition) is 4. The van der Waals surface area contributed by atoms with Gasteiger partial charge in [-0.15, -0.1) is 0 Å². The van der Waals surface area contributed by atoms with E-state index >= 15 is 0 Å². The van der Waals surface area contributed by atoms with Crippen LogP contribution in [-0.2, 0) is 0 Å². The average Bonchev–Trinajstić information content (AvgIpc) is 2.35. The summed E-state index contributed by atoms with van der Waals surface area (Å²) in [5, 5.41) is 22.1. The molecule has 0 aliphatic rings. The Balaban J connectivity index is 2.78. The summed E-state index contributed by atoms with van der Waals surface area (Å²) in [7, 11) is 0. The lowest BCUT2D eigenvalue weighted by Gasteiger charge is -2.10. The van der Waals surface area contributed by atoms with E-state index in [4.69, 9.17) is 5.11 Å². The predicted octanol–water partition coefficient (Wildman–Crippen LogP) is 1.26. The molecule has 0 fully saturated rings. The number of nitrogens with zero attached hydrogens (tertiary/aromatic N) is 1. The Morgan fingerprint density at radius 3 is 2.72 bits per heavy atom. The van der Waals surface area contributed by atoms with Gasteiger partial charge in [-0.25, -0.2) is 0 Å². The van der Waals surface area contributed by atoms with E-state index in [-0.39, 0.29) is 24.1 Å². The summed E-state index contributed by atoms with van der Waals surface area (Å²) < 4.78 is 0. The van der Waals surface area contributed by atoms with Gasteiger partial charge in [-0.1, -0.05) is 6.92 Å². The van der Waals surface area contributed by atoms with Gasteiger partial charge >= 0.3 is 0 Å². The van der Waals surface area contributed by atoms with Crippen molar-refractivity contribution in [3.63, 3.8) is 0 Å². The summed E-state index contributed by atoms with van der Waals surface area (Å²) in [5.74, 6) is -0.310. The zero-order valence-corrected chi connectivity index (χ0v) is 10.3. The van der Waals surface area contributed by atoms with Crippen molar-refractivity contribution >= 4 is 11.6 Å². The molecule has 1 atom stereocenters. The van der Waals surface area contributed by atoms with Crippen LogP contribution in [0.3, 0.4) is 0 Å². The first-order valence-corrected chi connectivity index (χ1v) is 5.59. The number of amides is 1. The molecule has 0 aromatic heterocycles. The molecule has 1 aromatic rings. The smallest absolute Gasteiger partial charge is 0.269 e. The highest BCUT2D eigenvalue weighted by Gasteiger charge is 2.13. The first kappa shape index (κ1) is 14.1. The molecule has 98 valence electrons. The Morgan fingerprint density at radius 2 is 2.22 bits per heavy atom. The van der Waals surface area contributed by atoms with Gasteiger partial charge in [0, 0.05) is 30.8 Å². The molecule has 0 aliphatic heterocycles. The Bertz CT molecular complexity index is 459. The molecule has 6 nitrogen and oxygen atoms in total. The first-order chi connectivity index (χ1) is 8.45. The van der Waals surface area contributed by atoms with Crippen LogP contribution in [-0.4, -0.2) is 29.1 Å². The molecular weight excluding hydrogens is 236 g/mol. The van der Waals surface area contributed by atoms with Crippen LogP contribution in [0.2, 0.25) is 0 Å². The molecule has 2 N–H and O–H groups in total. The minimum Gasteiger partial charge on any atom is -0.396 e. The fourth-order valence-electron chi connectivity index (χ4n) is 1.44. The standard InChI is InChI=1S/C12H16N2O4/c1-8(7-15)6-13-12(16)11-4-3-10(14(17)18)5-9(11)2/h3-5,8,15H,6-7H2,1-2H3,(H,13,16). The fourth-order valence-corrected chi connectivity index (χ4v) is 1.44. The zero-order chi connectivity index (χ0) is 13.7. The van der Waals surface area contributed by atoms with Crippen molar-refractivity contribution in [2.45, 2.75) is 13.8 Å². The van der Waals surface area contributed by atoms with E-state index in [9.17, 15) is 14.9 Å². The Kier molecular flexibility index (Phi) is 4.79. The van der Waals surface area contributed by atoms with Gasteiger partial charge in [-0.05, 0) is 24.5 Å². The largest absolute Gasteiger partial charge is 0.396 e. The second kappa shape index (κ2) is 6.11. The number of non-ortho nitro benzene ring substituents is 1. The van der Waals surface area contributed by atoms with Crippen molar-refractivity contribution in [2.75, 3.05) is 13.2 Å². The minimum atomic E-state index is -0.498. The van der Waals surface area contributed by atoms with Crippen LogP contribution in [0.1, 0.15) is 22.8 Å². The van der Waals surface area contributed by atoms with Crippen molar-refractivity contribution in [3.05, 3.63) is 39.4 Å². The number of nitro groups is 1. The van der Waals surface area contributed by atoms with Crippen molar-refractivity contribution in [2.24, 2.45) is 5.92 Å². The van der Waals surface area contributed by atoms with E-state index in [0.717, 1.165) is 0 Å². The average molecular weight is 252 g/mol. The normalized spacial score (nSPS) is 11.9. The molecule has 1 unspecified atom stereocenters. The number of nitro benzene ring substituents is 1. The quantitative estimate of drug-likeness (QED) is 0.609. The van der Waals surface area contributed by atoms with E-state index < -0.39 is 4.92 Å². The maximum Gasteiger partial charge on any atom is 0.269 e. The SMILES string of the molecule is Cc1cc([N+](=O)[O-])ccc1C(=O)NCC(C)CO. The zero-order valence-electron chi connectivity index (χ0n) is 10.3. The molecule has 1 aromatic carbocycles. The van der Waals surface area contributed by atoms with Gasteiger partial charge in [0.15, 0.2) is 0 Å². The lowest BCUT2D eigenvalue weighted by atomic mass is 10.1. The van der Waals surface area contributed by atoms with Gasteiger partial charge in [0.1, 0.15) is 0 Å². The highest BCUT2D eigenvalue weighted by atomic mass is 16.6. The molecular formula is C12H16N2O4. The van der Waals surface area contributed by atoms with Crippen molar-refractivity contribution in [3.8, 4) is 0 Å². The second-order valence-electron chi connectivity index (χ2n) is 4.25. The van der Waals surface area contributed by atoms with Crippen LogP contribution in [0, 0.1) is 23.0 Å². The topological polar surface area (TPSA) is 92.5 Å². The van der Waals surface area contributed by atoms with Crippen molar-refractivity contribution < 1.29 is 14.8 Å². The maximum absolute atomic E-state index is 11.8. The number of rotatable bonds is 5. The molecule has 0 aliphatic carbocycles. The lowest BCUT2D eigenvalue weighted by Crippen LogP contribution is -2.30. The van der Waals surface area contributed by atoms with Gasteiger partial charge in [0.05, 0.1) is 4.92 Å². The van der Waals surface area contributed by atoms with E-state index in [1.807, 2.05) is 6.92 Å². The summed E-state index contributed by atoms with van der Waals surface area (Å²) in [6.45, 7) is 3.83. The first-order valence-electron chi connectivity index (χ1n) is 5.59. The summed E-state index contributed by atoms with van der Waals surface area (Å²) in [6.07, 6.45) is 0. The molecule has 1 rings (SSSR count).